The molecule has 160 valence electrons. The molecule has 0 spiro atoms. The molecule has 6 heteroatoms. The third-order valence-corrected chi connectivity index (χ3v) is 6.39. The minimum Gasteiger partial charge on any atom is -0.497 e. The Labute approximate surface area is 184 Å². The fourth-order valence-corrected chi connectivity index (χ4v) is 4.40. The molecule has 0 bridgehead atoms. The second kappa shape index (κ2) is 9.32. The molecular weight excluding hydrogens is 386 g/mol. The van der Waals surface area contributed by atoms with Crippen molar-refractivity contribution < 1.29 is 4.74 Å². The molecule has 31 heavy (non-hydrogen) atoms. The lowest BCUT2D eigenvalue weighted by Gasteiger charge is -2.37. The van der Waals surface area contributed by atoms with Gasteiger partial charge < -0.3 is 14.5 Å². The van der Waals surface area contributed by atoms with Crippen molar-refractivity contribution in [2.45, 2.75) is 32.2 Å². The number of rotatable bonds is 6. The van der Waals surface area contributed by atoms with Gasteiger partial charge in [0.1, 0.15) is 11.8 Å². The van der Waals surface area contributed by atoms with Crippen LogP contribution >= 0.6 is 0 Å². The lowest BCUT2D eigenvalue weighted by molar-refractivity contribution is 0.213. The van der Waals surface area contributed by atoms with E-state index in [1.54, 1.807) is 13.3 Å². The Morgan fingerprint density at radius 1 is 1.16 bits per heavy atom. The topological polar surface area (TPSA) is 65.3 Å². The molecule has 2 aromatic heterocycles. The number of likely N-dealkylation sites (tertiary alicyclic amines) is 1. The molecular formula is C25H29N5O. The summed E-state index contributed by atoms with van der Waals surface area (Å²) in [4.78, 5) is 13.7. The van der Waals surface area contributed by atoms with Crippen LogP contribution in [0.3, 0.4) is 0 Å². The van der Waals surface area contributed by atoms with Gasteiger partial charge in [0, 0.05) is 50.0 Å². The van der Waals surface area contributed by atoms with Gasteiger partial charge in [-0.05, 0) is 62.1 Å². The number of methoxy groups -OCH3 is 1. The standard InChI is InChI=1S/C25H29N5O/c1-18-4-5-21(17-27-18)29(2)20-8-11-30(12-9-20)13-10-23-19(15-26)16-28-25-7-6-22(31-3)14-24(23)25/h4-7,14,16-17,20H,8-13H2,1-3H3. The SMILES string of the molecule is COc1ccc2ncc(C#N)c(CCN3CCC(N(C)c4ccc(C)nc4)CC3)c2c1. The molecule has 0 N–H and O–H groups in total. The van der Waals surface area contributed by atoms with Crippen LogP contribution in [0.5, 0.6) is 5.75 Å². The van der Waals surface area contributed by atoms with Gasteiger partial charge >= 0.3 is 0 Å². The van der Waals surface area contributed by atoms with Crippen molar-refractivity contribution in [3.8, 4) is 11.8 Å². The highest BCUT2D eigenvalue weighted by Crippen LogP contribution is 2.26. The monoisotopic (exact) mass is 415 g/mol. The third kappa shape index (κ3) is 4.62. The summed E-state index contributed by atoms with van der Waals surface area (Å²) < 4.78 is 5.39. The predicted octanol–water partition coefficient (Wildman–Crippen LogP) is 3.96. The Kier molecular flexibility index (Phi) is 6.34. The molecule has 4 rings (SSSR count). The Bertz CT molecular complexity index is 1080. The number of nitriles is 1. The zero-order valence-electron chi connectivity index (χ0n) is 18.5. The molecule has 0 saturated carbocycles. The molecule has 1 aromatic carbocycles. The first kappa shape index (κ1) is 21.1. The number of benzene rings is 1. The van der Waals surface area contributed by atoms with Crippen molar-refractivity contribution in [1.29, 1.82) is 5.26 Å². The molecule has 3 aromatic rings. The Morgan fingerprint density at radius 3 is 2.65 bits per heavy atom. The highest BCUT2D eigenvalue weighted by molar-refractivity contribution is 5.85. The number of anilines is 1. The van der Waals surface area contributed by atoms with Crippen LogP contribution in [0.25, 0.3) is 10.9 Å². The summed E-state index contributed by atoms with van der Waals surface area (Å²) in [5, 5.41) is 10.6. The molecule has 0 aliphatic carbocycles. The number of nitrogens with zero attached hydrogens (tertiary/aromatic N) is 5. The summed E-state index contributed by atoms with van der Waals surface area (Å²) in [5.41, 5.74) is 4.85. The molecule has 1 aliphatic heterocycles. The summed E-state index contributed by atoms with van der Waals surface area (Å²) in [6, 6.07) is 12.9. The van der Waals surface area contributed by atoms with Crippen LogP contribution in [-0.4, -0.2) is 54.7 Å². The lowest BCUT2D eigenvalue weighted by atomic mass is 9.99. The van der Waals surface area contributed by atoms with E-state index in [4.69, 9.17) is 4.74 Å². The van der Waals surface area contributed by atoms with E-state index in [-0.39, 0.29) is 0 Å². The zero-order valence-corrected chi connectivity index (χ0v) is 18.5. The van der Waals surface area contributed by atoms with Crippen molar-refractivity contribution in [2.24, 2.45) is 0 Å². The van der Waals surface area contributed by atoms with Gasteiger partial charge in [-0.15, -0.1) is 0 Å². The van der Waals surface area contributed by atoms with Gasteiger partial charge in [0.15, 0.2) is 0 Å². The molecule has 0 unspecified atom stereocenters. The Morgan fingerprint density at radius 2 is 1.97 bits per heavy atom. The van der Waals surface area contributed by atoms with Crippen LogP contribution in [0.2, 0.25) is 0 Å². The molecule has 0 atom stereocenters. The van der Waals surface area contributed by atoms with Crippen LogP contribution in [0.15, 0.2) is 42.7 Å². The summed E-state index contributed by atoms with van der Waals surface area (Å²) in [6.45, 7) is 5.07. The lowest BCUT2D eigenvalue weighted by Crippen LogP contribution is -2.44. The molecule has 1 fully saturated rings. The highest BCUT2D eigenvalue weighted by atomic mass is 16.5. The Hall–Kier alpha value is -3.17. The number of pyridine rings is 2. The van der Waals surface area contributed by atoms with Crippen LogP contribution in [-0.2, 0) is 6.42 Å². The average Bonchev–Trinajstić information content (AvgIpc) is 2.82. The molecule has 1 aliphatic rings. The fraction of sp³-hybridized carbons (Fsp3) is 0.400. The number of hydrogen-bond acceptors (Lipinski definition) is 6. The quantitative estimate of drug-likeness (QED) is 0.607. The first-order valence-corrected chi connectivity index (χ1v) is 10.8. The molecule has 0 radical (unpaired) electrons. The Balaban J connectivity index is 1.41. The number of piperidine rings is 1. The van der Waals surface area contributed by atoms with Crippen molar-refractivity contribution >= 4 is 16.6 Å². The van der Waals surface area contributed by atoms with Gasteiger partial charge in [0.25, 0.3) is 0 Å². The van der Waals surface area contributed by atoms with Crippen molar-refractivity contribution in [2.75, 3.05) is 38.7 Å². The second-order valence-corrected chi connectivity index (χ2v) is 8.24. The van der Waals surface area contributed by atoms with E-state index >= 15 is 0 Å². The van der Waals surface area contributed by atoms with Gasteiger partial charge in [0.05, 0.1) is 30.1 Å². The maximum absolute atomic E-state index is 9.62. The molecule has 6 nitrogen and oxygen atoms in total. The zero-order chi connectivity index (χ0) is 21.8. The van der Waals surface area contributed by atoms with Crippen LogP contribution in [0.1, 0.15) is 29.7 Å². The van der Waals surface area contributed by atoms with Crippen LogP contribution < -0.4 is 9.64 Å². The van der Waals surface area contributed by atoms with E-state index in [9.17, 15) is 5.26 Å². The van der Waals surface area contributed by atoms with E-state index in [0.717, 1.165) is 66.8 Å². The fourth-order valence-electron chi connectivity index (χ4n) is 4.40. The van der Waals surface area contributed by atoms with Crippen molar-refractivity contribution in [3.63, 3.8) is 0 Å². The number of aromatic nitrogens is 2. The van der Waals surface area contributed by atoms with E-state index in [1.165, 1.54) is 5.69 Å². The van der Waals surface area contributed by atoms with Crippen LogP contribution in [0, 0.1) is 18.3 Å². The van der Waals surface area contributed by atoms with E-state index in [2.05, 4.69) is 45.0 Å². The van der Waals surface area contributed by atoms with Crippen molar-refractivity contribution in [3.05, 3.63) is 59.5 Å². The van der Waals surface area contributed by atoms with Gasteiger partial charge in [0.2, 0.25) is 0 Å². The maximum Gasteiger partial charge on any atom is 0.119 e. The smallest absolute Gasteiger partial charge is 0.119 e. The van der Waals surface area contributed by atoms with Gasteiger partial charge in [-0.2, -0.15) is 5.26 Å². The summed E-state index contributed by atoms with van der Waals surface area (Å²) in [7, 11) is 3.83. The van der Waals surface area contributed by atoms with E-state index in [0.29, 0.717) is 11.6 Å². The number of fused-ring (bicyclic) bond motifs is 1. The number of ether oxygens (including phenoxy) is 1. The maximum atomic E-state index is 9.62. The third-order valence-electron chi connectivity index (χ3n) is 6.39. The predicted molar refractivity (Wildman–Crippen MR) is 124 cm³/mol. The van der Waals surface area contributed by atoms with E-state index in [1.807, 2.05) is 31.3 Å². The first-order chi connectivity index (χ1) is 15.1. The van der Waals surface area contributed by atoms with Gasteiger partial charge in [-0.25, -0.2) is 0 Å². The molecule has 3 heterocycles. The van der Waals surface area contributed by atoms with Gasteiger partial charge in [-0.3, -0.25) is 9.97 Å². The highest BCUT2D eigenvalue weighted by Gasteiger charge is 2.23. The summed E-state index contributed by atoms with van der Waals surface area (Å²) in [5.74, 6) is 0.792. The minimum absolute atomic E-state index is 0.529. The molecule has 0 amide bonds. The first-order valence-electron chi connectivity index (χ1n) is 10.8. The van der Waals surface area contributed by atoms with Crippen molar-refractivity contribution in [1.82, 2.24) is 14.9 Å². The average molecular weight is 416 g/mol. The number of hydrogen-bond donors (Lipinski definition) is 0. The largest absolute Gasteiger partial charge is 0.497 e. The van der Waals surface area contributed by atoms with Gasteiger partial charge in [-0.1, -0.05) is 0 Å². The second-order valence-electron chi connectivity index (χ2n) is 8.24. The number of aryl methyl sites for hydroxylation is 1. The van der Waals surface area contributed by atoms with E-state index < -0.39 is 0 Å². The normalized spacial score (nSPS) is 15.0. The molecule has 1 saturated heterocycles. The minimum atomic E-state index is 0.529. The van der Waals surface area contributed by atoms with Crippen LogP contribution in [0.4, 0.5) is 5.69 Å². The summed E-state index contributed by atoms with van der Waals surface area (Å²) in [6.07, 6.45) is 6.74. The summed E-state index contributed by atoms with van der Waals surface area (Å²) >= 11 is 0.